The van der Waals surface area contributed by atoms with Gasteiger partial charge in [0.1, 0.15) is 6.54 Å². The van der Waals surface area contributed by atoms with Crippen LogP contribution >= 0.6 is 0 Å². The minimum Gasteiger partial charge on any atom is -0.480 e. The van der Waals surface area contributed by atoms with Gasteiger partial charge in [0.25, 0.3) is 5.91 Å². The summed E-state index contributed by atoms with van der Waals surface area (Å²) in [4.78, 5) is 22.8. The lowest BCUT2D eigenvalue weighted by molar-refractivity contribution is -0.137. The first kappa shape index (κ1) is 15.3. The van der Waals surface area contributed by atoms with Crippen LogP contribution in [-0.2, 0) is 11.3 Å². The maximum Gasteiger partial charge on any atom is 0.325 e. The zero-order valence-electron chi connectivity index (χ0n) is 12.7. The molecule has 0 aromatic carbocycles. The fraction of sp³-hybridized carbons (Fsp3) is 0.467. The number of carboxylic acids is 1. The van der Waals surface area contributed by atoms with E-state index < -0.39 is 5.97 Å². The van der Waals surface area contributed by atoms with E-state index in [9.17, 15) is 9.59 Å². The predicted octanol–water partition coefficient (Wildman–Crippen LogP) is 1.92. The number of anilines is 1. The van der Waals surface area contributed by atoms with Gasteiger partial charge in [0.05, 0.1) is 29.7 Å². The van der Waals surface area contributed by atoms with Gasteiger partial charge in [-0.05, 0) is 12.8 Å². The van der Waals surface area contributed by atoms with E-state index in [0.717, 1.165) is 12.8 Å². The second-order valence-electron chi connectivity index (χ2n) is 5.78. The molecule has 1 saturated carbocycles. The molecule has 0 saturated heterocycles. The lowest BCUT2D eigenvalue weighted by Gasteiger charge is -2.21. The van der Waals surface area contributed by atoms with Crippen LogP contribution in [0.15, 0.2) is 24.8 Å². The smallest absolute Gasteiger partial charge is 0.325 e. The van der Waals surface area contributed by atoms with E-state index in [2.05, 4.69) is 15.5 Å². The van der Waals surface area contributed by atoms with Gasteiger partial charge in [0.15, 0.2) is 0 Å². The van der Waals surface area contributed by atoms with Crippen LogP contribution in [0.1, 0.15) is 48.5 Å². The molecule has 2 heterocycles. The van der Waals surface area contributed by atoms with Crippen LogP contribution in [0.5, 0.6) is 0 Å². The molecular formula is C15H19N5O3. The number of nitrogens with zero attached hydrogens (tertiary/aromatic N) is 4. The monoisotopic (exact) mass is 317 g/mol. The maximum absolute atomic E-state index is 12.2. The topological polar surface area (TPSA) is 102 Å². The first-order valence-electron chi connectivity index (χ1n) is 7.71. The number of aliphatic carboxylic acids is 1. The summed E-state index contributed by atoms with van der Waals surface area (Å²) >= 11 is 0. The van der Waals surface area contributed by atoms with Crippen molar-refractivity contribution < 1.29 is 14.7 Å². The highest BCUT2D eigenvalue weighted by Gasteiger charge is 2.18. The van der Waals surface area contributed by atoms with Crippen LogP contribution < -0.4 is 5.32 Å². The van der Waals surface area contributed by atoms with Crippen molar-refractivity contribution in [3.8, 4) is 0 Å². The van der Waals surface area contributed by atoms with Gasteiger partial charge in [0.2, 0.25) is 0 Å². The van der Waals surface area contributed by atoms with E-state index in [1.54, 1.807) is 12.4 Å². The lowest BCUT2D eigenvalue weighted by Crippen LogP contribution is -2.14. The van der Waals surface area contributed by atoms with Gasteiger partial charge in [-0.25, -0.2) is 0 Å². The molecule has 0 radical (unpaired) electrons. The number of carbonyl (C=O) groups excluding carboxylic acids is 1. The summed E-state index contributed by atoms with van der Waals surface area (Å²) in [5, 5.41) is 19.6. The Bertz CT molecular complexity index is 700. The number of hydrogen-bond donors (Lipinski definition) is 2. The van der Waals surface area contributed by atoms with Crippen LogP contribution in [0, 0.1) is 0 Å². The maximum atomic E-state index is 12.2. The molecule has 0 aliphatic heterocycles. The molecule has 0 bridgehead atoms. The number of amides is 1. The molecule has 2 aromatic rings. The molecule has 1 amide bonds. The number of aromatic nitrogens is 4. The van der Waals surface area contributed by atoms with Gasteiger partial charge in [-0.15, -0.1) is 0 Å². The van der Waals surface area contributed by atoms with Crippen molar-refractivity contribution in [3.05, 3.63) is 30.4 Å². The highest BCUT2D eigenvalue weighted by atomic mass is 16.4. The van der Waals surface area contributed by atoms with Crippen LogP contribution in [0.3, 0.4) is 0 Å². The number of nitrogens with one attached hydrogen (secondary N) is 1. The van der Waals surface area contributed by atoms with Gasteiger partial charge >= 0.3 is 5.97 Å². The number of hydrogen-bond acceptors (Lipinski definition) is 4. The molecule has 0 spiro atoms. The van der Waals surface area contributed by atoms with E-state index in [0.29, 0.717) is 17.3 Å². The fourth-order valence-electron chi connectivity index (χ4n) is 2.86. The zero-order valence-corrected chi connectivity index (χ0v) is 12.7. The van der Waals surface area contributed by atoms with Crippen LogP contribution in [0.4, 0.5) is 5.69 Å². The average molecular weight is 317 g/mol. The lowest BCUT2D eigenvalue weighted by atomic mass is 9.96. The van der Waals surface area contributed by atoms with Crippen molar-refractivity contribution in [1.29, 1.82) is 0 Å². The summed E-state index contributed by atoms with van der Waals surface area (Å²) in [6, 6.07) is 0.378. The highest BCUT2D eigenvalue weighted by molar-refractivity contribution is 6.03. The number of carboxylic acid groups (broad SMARTS) is 1. The van der Waals surface area contributed by atoms with Crippen LogP contribution in [0.2, 0.25) is 0 Å². The standard InChI is InChI=1S/C15H19N5O3/c21-14(22)10-19-9-12(7-16-19)18-15(23)11-6-17-20(8-11)13-4-2-1-3-5-13/h6-9,13H,1-5,10H2,(H,18,23)(H,21,22). The predicted molar refractivity (Wildman–Crippen MR) is 82.2 cm³/mol. The third-order valence-electron chi connectivity index (χ3n) is 4.00. The van der Waals surface area contributed by atoms with E-state index in [1.807, 2.05) is 4.68 Å². The van der Waals surface area contributed by atoms with Gasteiger partial charge in [-0.2, -0.15) is 10.2 Å². The third kappa shape index (κ3) is 3.77. The van der Waals surface area contributed by atoms with Gasteiger partial charge in [0, 0.05) is 12.4 Å². The Kier molecular flexibility index (Phi) is 4.40. The van der Waals surface area contributed by atoms with Crippen molar-refractivity contribution in [2.24, 2.45) is 0 Å². The molecule has 2 aromatic heterocycles. The van der Waals surface area contributed by atoms with Gasteiger partial charge in [-0.3, -0.25) is 19.0 Å². The average Bonchev–Trinajstić information content (AvgIpc) is 3.17. The Morgan fingerprint density at radius 1 is 1.17 bits per heavy atom. The van der Waals surface area contributed by atoms with Crippen LogP contribution in [-0.4, -0.2) is 36.5 Å². The molecular weight excluding hydrogens is 298 g/mol. The number of carbonyl (C=O) groups is 2. The van der Waals surface area contributed by atoms with Crippen molar-refractivity contribution >= 4 is 17.6 Å². The Hall–Kier alpha value is -2.64. The van der Waals surface area contributed by atoms with E-state index >= 15 is 0 Å². The van der Waals surface area contributed by atoms with Crippen molar-refractivity contribution in [3.63, 3.8) is 0 Å². The molecule has 0 unspecified atom stereocenters. The Morgan fingerprint density at radius 3 is 2.70 bits per heavy atom. The normalized spacial score (nSPS) is 15.5. The van der Waals surface area contributed by atoms with Crippen molar-refractivity contribution in [2.75, 3.05) is 5.32 Å². The second kappa shape index (κ2) is 6.64. The van der Waals surface area contributed by atoms with E-state index in [-0.39, 0.29) is 12.5 Å². The first-order valence-corrected chi connectivity index (χ1v) is 7.71. The van der Waals surface area contributed by atoms with Crippen LogP contribution in [0.25, 0.3) is 0 Å². The second-order valence-corrected chi connectivity index (χ2v) is 5.78. The molecule has 3 rings (SSSR count). The SMILES string of the molecule is O=C(O)Cn1cc(NC(=O)c2cnn(C3CCCCC3)c2)cn1. The fourth-order valence-corrected chi connectivity index (χ4v) is 2.86. The summed E-state index contributed by atoms with van der Waals surface area (Å²) in [5.74, 6) is -1.26. The molecule has 1 aliphatic rings. The highest BCUT2D eigenvalue weighted by Crippen LogP contribution is 2.27. The Balaban J connectivity index is 1.63. The van der Waals surface area contributed by atoms with Crippen molar-refractivity contribution in [1.82, 2.24) is 19.6 Å². The number of rotatable bonds is 5. The Morgan fingerprint density at radius 2 is 1.96 bits per heavy atom. The minimum atomic E-state index is -0.986. The summed E-state index contributed by atoms with van der Waals surface area (Å²) in [7, 11) is 0. The zero-order chi connectivity index (χ0) is 16.2. The van der Waals surface area contributed by atoms with E-state index in [4.69, 9.17) is 5.11 Å². The summed E-state index contributed by atoms with van der Waals surface area (Å²) < 4.78 is 3.13. The molecule has 8 nitrogen and oxygen atoms in total. The molecule has 1 aliphatic carbocycles. The molecule has 2 N–H and O–H groups in total. The summed E-state index contributed by atoms with van der Waals surface area (Å²) in [6.07, 6.45) is 12.1. The molecule has 0 atom stereocenters. The van der Waals surface area contributed by atoms with E-state index in [1.165, 1.54) is 36.3 Å². The largest absolute Gasteiger partial charge is 0.480 e. The molecule has 1 fully saturated rings. The Labute approximate surface area is 133 Å². The first-order chi connectivity index (χ1) is 11.1. The quantitative estimate of drug-likeness (QED) is 0.877. The molecule has 23 heavy (non-hydrogen) atoms. The van der Waals surface area contributed by atoms with Gasteiger partial charge in [-0.1, -0.05) is 19.3 Å². The summed E-state index contributed by atoms with van der Waals surface area (Å²) in [6.45, 7) is -0.241. The van der Waals surface area contributed by atoms with Gasteiger partial charge < -0.3 is 10.4 Å². The minimum absolute atomic E-state index is 0.241. The molecule has 8 heteroatoms. The summed E-state index contributed by atoms with van der Waals surface area (Å²) in [5.41, 5.74) is 0.947. The van der Waals surface area contributed by atoms with Crippen molar-refractivity contribution in [2.45, 2.75) is 44.7 Å². The third-order valence-corrected chi connectivity index (χ3v) is 4.00. The molecule has 122 valence electrons.